The molecule has 0 radical (unpaired) electrons. The molecule has 1 heterocycles. The first-order valence-electron chi connectivity index (χ1n) is 9.99. The van der Waals surface area contributed by atoms with Crippen molar-refractivity contribution >= 4 is 20.0 Å². The fourth-order valence-electron chi connectivity index (χ4n) is 3.89. The molecule has 164 valence electrons. The third-order valence-corrected chi connectivity index (χ3v) is 9.09. The second-order valence-corrected chi connectivity index (χ2v) is 11.3. The minimum absolute atomic E-state index is 0.0327. The number of hydrogen-bond acceptors (Lipinski definition) is 4. The maximum absolute atomic E-state index is 13.7. The van der Waals surface area contributed by atoms with Crippen LogP contribution >= 0.6 is 0 Å². The molecule has 2 aromatic rings. The summed E-state index contributed by atoms with van der Waals surface area (Å²) in [6.07, 6.45) is 2.82. The van der Waals surface area contributed by atoms with E-state index in [1.54, 1.807) is 18.2 Å². The van der Waals surface area contributed by atoms with Crippen LogP contribution in [-0.4, -0.2) is 39.8 Å². The van der Waals surface area contributed by atoms with Crippen LogP contribution in [0.15, 0.2) is 58.3 Å². The van der Waals surface area contributed by atoms with E-state index in [4.69, 9.17) is 0 Å². The average Bonchev–Trinajstić information content (AvgIpc) is 2.69. The largest absolute Gasteiger partial charge is 0.243 e. The topological polar surface area (TPSA) is 83.6 Å². The van der Waals surface area contributed by atoms with Gasteiger partial charge in [0, 0.05) is 18.6 Å². The van der Waals surface area contributed by atoms with Crippen molar-refractivity contribution in [3.63, 3.8) is 0 Å². The molecule has 2 unspecified atom stereocenters. The Kier molecular flexibility index (Phi) is 6.96. The van der Waals surface area contributed by atoms with Crippen molar-refractivity contribution in [2.24, 2.45) is 0 Å². The molecule has 2 atom stereocenters. The number of nitrogens with one attached hydrogen (secondary N) is 1. The lowest BCUT2D eigenvalue weighted by atomic mass is 10.0. The Bertz CT molecular complexity index is 1080. The highest BCUT2D eigenvalue weighted by molar-refractivity contribution is 7.89. The molecule has 2 aromatic carbocycles. The van der Waals surface area contributed by atoms with E-state index in [-0.39, 0.29) is 40.7 Å². The summed E-state index contributed by atoms with van der Waals surface area (Å²) < 4.78 is 68.7. The van der Waals surface area contributed by atoms with Crippen LogP contribution in [0.1, 0.15) is 38.7 Å². The predicted molar refractivity (Wildman–Crippen MR) is 114 cm³/mol. The van der Waals surface area contributed by atoms with E-state index in [0.717, 1.165) is 19.3 Å². The molecule has 0 spiro atoms. The standard InChI is InChI=1S/C21H27FN2O4S2/c1-16-6-5-7-17(2)24(16)30(27,28)20-12-10-19(11-13-20)29(25,26)23-15-14-18-8-3-4-9-21(18)22/h3-4,8-13,16-17,23H,5-7,14-15H2,1-2H3. The van der Waals surface area contributed by atoms with Crippen molar-refractivity contribution in [2.75, 3.05) is 6.54 Å². The summed E-state index contributed by atoms with van der Waals surface area (Å²) in [6, 6.07) is 11.2. The van der Waals surface area contributed by atoms with Crippen molar-refractivity contribution in [3.8, 4) is 0 Å². The Balaban J connectivity index is 1.71. The second-order valence-electron chi connectivity index (χ2n) is 7.67. The van der Waals surface area contributed by atoms with Gasteiger partial charge in [-0.1, -0.05) is 24.6 Å². The molecular formula is C21H27FN2O4S2. The molecule has 0 aliphatic carbocycles. The van der Waals surface area contributed by atoms with Gasteiger partial charge in [0.15, 0.2) is 0 Å². The van der Waals surface area contributed by atoms with Crippen LogP contribution in [0, 0.1) is 5.82 Å². The molecule has 0 aromatic heterocycles. The molecule has 3 rings (SSSR count). The Morgan fingerprint density at radius 3 is 2.10 bits per heavy atom. The van der Waals surface area contributed by atoms with E-state index in [2.05, 4.69) is 4.72 Å². The Hall–Kier alpha value is -1.81. The molecule has 30 heavy (non-hydrogen) atoms. The second kappa shape index (κ2) is 9.13. The normalized spacial score (nSPS) is 20.9. The molecule has 1 aliphatic rings. The summed E-state index contributed by atoms with van der Waals surface area (Å²) in [5, 5.41) is 0. The molecule has 0 amide bonds. The fourth-order valence-corrected chi connectivity index (χ4v) is 6.80. The first-order chi connectivity index (χ1) is 14.1. The zero-order valence-corrected chi connectivity index (χ0v) is 18.7. The van der Waals surface area contributed by atoms with Gasteiger partial charge in [0.1, 0.15) is 5.82 Å². The van der Waals surface area contributed by atoms with Gasteiger partial charge in [-0.25, -0.2) is 25.9 Å². The minimum Gasteiger partial charge on any atom is -0.211 e. The Morgan fingerprint density at radius 1 is 0.933 bits per heavy atom. The van der Waals surface area contributed by atoms with E-state index in [9.17, 15) is 21.2 Å². The number of halogens is 1. The minimum atomic E-state index is -3.83. The fraction of sp³-hybridized carbons (Fsp3) is 0.429. The van der Waals surface area contributed by atoms with E-state index in [1.165, 1.54) is 34.6 Å². The lowest BCUT2D eigenvalue weighted by Crippen LogP contribution is -2.47. The van der Waals surface area contributed by atoms with Gasteiger partial charge in [-0.15, -0.1) is 0 Å². The number of rotatable bonds is 7. The number of hydrogen-bond donors (Lipinski definition) is 1. The highest BCUT2D eigenvalue weighted by Gasteiger charge is 2.35. The first-order valence-corrected chi connectivity index (χ1v) is 12.9. The van der Waals surface area contributed by atoms with Crippen molar-refractivity contribution in [2.45, 2.75) is 61.4 Å². The van der Waals surface area contributed by atoms with Crippen molar-refractivity contribution in [1.82, 2.24) is 9.03 Å². The SMILES string of the molecule is CC1CCCC(C)N1S(=O)(=O)c1ccc(S(=O)(=O)NCCc2ccccc2F)cc1. The van der Waals surface area contributed by atoms with Crippen molar-refractivity contribution in [1.29, 1.82) is 0 Å². The lowest BCUT2D eigenvalue weighted by Gasteiger charge is -2.37. The third-order valence-electron chi connectivity index (χ3n) is 5.47. The maximum Gasteiger partial charge on any atom is 0.243 e. The molecule has 9 heteroatoms. The number of benzene rings is 2. The lowest BCUT2D eigenvalue weighted by molar-refractivity contribution is 0.204. The summed E-state index contributed by atoms with van der Waals surface area (Å²) in [4.78, 5) is 0.0446. The van der Waals surface area contributed by atoms with Gasteiger partial charge in [0.05, 0.1) is 9.79 Å². The molecule has 1 fully saturated rings. The van der Waals surface area contributed by atoms with Crippen LogP contribution in [-0.2, 0) is 26.5 Å². The Labute approximate surface area is 178 Å². The summed E-state index contributed by atoms with van der Waals surface area (Å²) >= 11 is 0. The average molecular weight is 455 g/mol. The highest BCUT2D eigenvalue weighted by Crippen LogP contribution is 2.29. The van der Waals surface area contributed by atoms with Gasteiger partial charge >= 0.3 is 0 Å². The molecule has 1 N–H and O–H groups in total. The third kappa shape index (κ3) is 4.91. The van der Waals surface area contributed by atoms with Crippen LogP contribution in [0.2, 0.25) is 0 Å². The predicted octanol–water partition coefficient (Wildman–Crippen LogP) is 3.30. The van der Waals surface area contributed by atoms with Crippen LogP contribution in [0.3, 0.4) is 0 Å². The quantitative estimate of drug-likeness (QED) is 0.696. The van der Waals surface area contributed by atoms with Gasteiger partial charge in [0.25, 0.3) is 0 Å². The molecule has 0 saturated carbocycles. The van der Waals surface area contributed by atoms with E-state index in [1.807, 2.05) is 13.8 Å². The molecule has 6 nitrogen and oxygen atoms in total. The zero-order valence-electron chi connectivity index (χ0n) is 17.1. The van der Waals surface area contributed by atoms with E-state index < -0.39 is 20.0 Å². The summed E-state index contributed by atoms with van der Waals surface area (Å²) in [7, 11) is -7.54. The van der Waals surface area contributed by atoms with Gasteiger partial charge in [-0.05, 0) is 69.0 Å². The summed E-state index contributed by atoms with van der Waals surface area (Å²) in [6.45, 7) is 3.82. The smallest absolute Gasteiger partial charge is 0.211 e. The van der Waals surface area contributed by atoms with Crippen LogP contribution in [0.4, 0.5) is 4.39 Å². The van der Waals surface area contributed by atoms with Crippen molar-refractivity contribution in [3.05, 3.63) is 59.9 Å². The number of sulfonamides is 2. The van der Waals surface area contributed by atoms with E-state index in [0.29, 0.717) is 5.56 Å². The summed E-state index contributed by atoms with van der Waals surface area (Å²) in [5.74, 6) is -0.382. The van der Waals surface area contributed by atoms with Crippen LogP contribution in [0.25, 0.3) is 0 Å². The zero-order chi connectivity index (χ0) is 21.9. The molecule has 0 bridgehead atoms. The Morgan fingerprint density at radius 2 is 1.50 bits per heavy atom. The number of piperidine rings is 1. The number of nitrogens with zero attached hydrogens (tertiary/aromatic N) is 1. The van der Waals surface area contributed by atoms with Gasteiger partial charge < -0.3 is 0 Å². The molecule has 1 saturated heterocycles. The first kappa shape index (κ1) is 22.9. The van der Waals surface area contributed by atoms with E-state index >= 15 is 0 Å². The monoisotopic (exact) mass is 454 g/mol. The van der Waals surface area contributed by atoms with Crippen LogP contribution < -0.4 is 4.72 Å². The van der Waals surface area contributed by atoms with Crippen LogP contribution in [0.5, 0.6) is 0 Å². The molecule has 1 aliphatic heterocycles. The summed E-state index contributed by atoms with van der Waals surface area (Å²) in [5.41, 5.74) is 0.423. The van der Waals surface area contributed by atoms with Gasteiger partial charge in [-0.2, -0.15) is 4.31 Å². The van der Waals surface area contributed by atoms with Crippen molar-refractivity contribution < 1.29 is 21.2 Å². The maximum atomic E-state index is 13.7. The molecular weight excluding hydrogens is 427 g/mol. The van der Waals surface area contributed by atoms with Gasteiger partial charge in [-0.3, -0.25) is 0 Å². The van der Waals surface area contributed by atoms with Gasteiger partial charge in [0.2, 0.25) is 20.0 Å². The highest BCUT2D eigenvalue weighted by atomic mass is 32.2.